The molecule has 0 radical (unpaired) electrons. The zero-order chi connectivity index (χ0) is 21.8. The number of nitrogens with zero attached hydrogens (tertiary/aromatic N) is 2. The highest BCUT2D eigenvalue weighted by molar-refractivity contribution is 8.03. The lowest BCUT2D eigenvalue weighted by atomic mass is 9.94. The molecule has 4 rings (SSSR count). The van der Waals surface area contributed by atoms with E-state index in [1.807, 2.05) is 28.8 Å². The Morgan fingerprint density at radius 1 is 1.03 bits per heavy atom. The number of amides is 1. The van der Waals surface area contributed by atoms with Crippen LogP contribution in [0, 0.1) is 5.92 Å². The van der Waals surface area contributed by atoms with Gasteiger partial charge in [-0.05, 0) is 54.9 Å². The van der Waals surface area contributed by atoms with Crippen LogP contribution in [0.1, 0.15) is 32.6 Å². The highest BCUT2D eigenvalue weighted by atomic mass is 35.5. The summed E-state index contributed by atoms with van der Waals surface area (Å²) >= 11 is 7.95. The number of hydrogen-bond donors (Lipinski definition) is 0. The molecule has 31 heavy (non-hydrogen) atoms. The van der Waals surface area contributed by atoms with Gasteiger partial charge < -0.3 is 14.6 Å². The molecule has 2 aromatic carbocycles. The minimum Gasteiger partial charge on any atom is -0.343 e. The number of Topliss-reactive ketones (excluding diaryl/α,β-unsaturated/α-hetero) is 1. The van der Waals surface area contributed by atoms with Crippen LogP contribution in [-0.4, -0.2) is 35.1 Å². The summed E-state index contributed by atoms with van der Waals surface area (Å²) in [6.07, 6.45) is 4.81. The lowest BCUT2D eigenvalue weighted by molar-refractivity contribution is -0.134. The Bertz CT molecular complexity index is 968. The zero-order valence-electron chi connectivity index (χ0n) is 17.7. The largest absolute Gasteiger partial charge is 0.343 e. The second-order valence-electron chi connectivity index (χ2n) is 8.16. The maximum absolute atomic E-state index is 12.4. The van der Waals surface area contributed by atoms with Crippen LogP contribution in [0.3, 0.4) is 0 Å². The monoisotopic (exact) mass is 454 g/mol. The molecular formula is C25H27ClN2O2S. The minimum absolute atomic E-state index is 0.0756. The van der Waals surface area contributed by atoms with Gasteiger partial charge >= 0.3 is 0 Å². The number of hydrogen-bond acceptors (Lipinski definition) is 4. The van der Waals surface area contributed by atoms with Gasteiger partial charge in [-0.1, -0.05) is 41.9 Å². The van der Waals surface area contributed by atoms with Gasteiger partial charge in [-0.3, -0.25) is 4.79 Å². The van der Waals surface area contributed by atoms with Crippen LogP contribution in [-0.2, 0) is 9.59 Å². The van der Waals surface area contributed by atoms with Gasteiger partial charge in [0, 0.05) is 48.4 Å². The van der Waals surface area contributed by atoms with E-state index in [0.717, 1.165) is 36.5 Å². The molecule has 1 amide bonds. The molecule has 1 atom stereocenters. The normalized spacial score (nSPS) is 19.1. The lowest BCUT2D eigenvalue weighted by Gasteiger charge is -2.38. The quantitative estimate of drug-likeness (QED) is 0.539. The summed E-state index contributed by atoms with van der Waals surface area (Å²) in [6, 6.07) is 16.5. The molecule has 162 valence electrons. The number of carbonyl (C=O) groups excluding carboxylic acids is 2. The van der Waals surface area contributed by atoms with Crippen molar-refractivity contribution in [3.05, 3.63) is 65.2 Å². The first-order chi connectivity index (χ1) is 15.0. The maximum atomic E-state index is 12.4. The van der Waals surface area contributed by atoms with Crippen molar-refractivity contribution in [2.75, 3.05) is 18.0 Å². The van der Waals surface area contributed by atoms with Crippen molar-refractivity contribution in [1.29, 1.82) is 0 Å². The summed E-state index contributed by atoms with van der Waals surface area (Å²) in [5.74, 6) is 0.678. The molecule has 2 heterocycles. The van der Waals surface area contributed by atoms with E-state index in [9.17, 15) is 9.59 Å². The number of likely N-dealkylation sites (tertiary alicyclic amines) is 1. The minimum atomic E-state index is 0.0756. The summed E-state index contributed by atoms with van der Waals surface area (Å²) < 4.78 is 0. The van der Waals surface area contributed by atoms with E-state index >= 15 is 0 Å². The van der Waals surface area contributed by atoms with Crippen molar-refractivity contribution < 1.29 is 9.59 Å². The van der Waals surface area contributed by atoms with Gasteiger partial charge in [-0.15, -0.1) is 11.8 Å². The van der Waals surface area contributed by atoms with Gasteiger partial charge in [-0.25, -0.2) is 0 Å². The van der Waals surface area contributed by atoms with E-state index < -0.39 is 0 Å². The number of anilines is 1. The molecule has 1 fully saturated rings. The number of para-hydroxylation sites is 1. The average Bonchev–Trinajstić information content (AvgIpc) is 3.28. The third kappa shape index (κ3) is 5.16. The van der Waals surface area contributed by atoms with Crippen LogP contribution in [0.2, 0.25) is 5.02 Å². The average molecular weight is 455 g/mol. The standard InChI is InChI=1S/C25H27ClN2O2S/c1-18(29)6-11-24(30)27-14-12-20(13-15-27)25-28(16-17-31-25)23-5-3-2-4-22(23)19-7-9-21(26)10-8-19/h2-5,7-10,16-17,20,25H,6,11-15H2,1H3. The summed E-state index contributed by atoms with van der Waals surface area (Å²) in [6.45, 7) is 3.08. The number of benzene rings is 2. The van der Waals surface area contributed by atoms with Crippen molar-refractivity contribution in [3.8, 4) is 11.1 Å². The fourth-order valence-corrected chi connectivity index (χ4v) is 5.63. The predicted molar refractivity (Wildman–Crippen MR) is 129 cm³/mol. The molecule has 0 aromatic heterocycles. The van der Waals surface area contributed by atoms with E-state index in [1.54, 1.807) is 6.92 Å². The Morgan fingerprint density at radius 3 is 2.45 bits per heavy atom. The van der Waals surface area contributed by atoms with E-state index in [4.69, 9.17) is 11.6 Å². The van der Waals surface area contributed by atoms with E-state index in [2.05, 4.69) is 52.9 Å². The molecule has 2 aliphatic rings. The SMILES string of the molecule is CC(=O)CCC(=O)N1CCC(C2SC=CN2c2ccccc2-c2ccc(Cl)cc2)CC1. The number of halogens is 1. The predicted octanol–water partition coefficient (Wildman–Crippen LogP) is 5.97. The Morgan fingerprint density at radius 2 is 1.74 bits per heavy atom. The zero-order valence-corrected chi connectivity index (χ0v) is 19.2. The smallest absolute Gasteiger partial charge is 0.223 e. The van der Waals surface area contributed by atoms with Crippen LogP contribution < -0.4 is 4.90 Å². The summed E-state index contributed by atoms with van der Waals surface area (Å²) in [4.78, 5) is 27.9. The van der Waals surface area contributed by atoms with Gasteiger partial charge in [0.2, 0.25) is 5.91 Å². The number of ketones is 1. The lowest BCUT2D eigenvalue weighted by Crippen LogP contribution is -2.43. The summed E-state index contributed by atoms with van der Waals surface area (Å²) in [5.41, 5.74) is 3.53. The van der Waals surface area contributed by atoms with Gasteiger partial charge in [0.25, 0.3) is 0 Å². The molecule has 4 nitrogen and oxygen atoms in total. The Balaban J connectivity index is 1.46. The molecule has 0 saturated carbocycles. The van der Waals surface area contributed by atoms with Gasteiger partial charge in [0.15, 0.2) is 0 Å². The molecule has 0 N–H and O–H groups in total. The molecule has 2 aliphatic heterocycles. The molecule has 0 aliphatic carbocycles. The van der Waals surface area contributed by atoms with Gasteiger partial charge in [0.05, 0.1) is 5.37 Å². The molecule has 0 bridgehead atoms. The molecule has 2 aromatic rings. The topological polar surface area (TPSA) is 40.6 Å². The fraction of sp³-hybridized carbons (Fsp3) is 0.360. The molecule has 6 heteroatoms. The van der Waals surface area contributed by atoms with E-state index in [1.165, 1.54) is 11.3 Å². The molecular weight excluding hydrogens is 428 g/mol. The summed E-state index contributed by atoms with van der Waals surface area (Å²) in [7, 11) is 0. The van der Waals surface area contributed by atoms with Crippen molar-refractivity contribution in [1.82, 2.24) is 4.90 Å². The van der Waals surface area contributed by atoms with Gasteiger partial charge in [-0.2, -0.15) is 0 Å². The highest BCUT2D eigenvalue weighted by Crippen LogP contribution is 2.42. The molecule has 0 spiro atoms. The molecule has 1 saturated heterocycles. The van der Waals surface area contributed by atoms with Crippen molar-refractivity contribution in [2.45, 2.75) is 38.0 Å². The van der Waals surface area contributed by atoms with Crippen molar-refractivity contribution in [3.63, 3.8) is 0 Å². The Kier molecular flexibility index (Phi) is 7.03. The van der Waals surface area contributed by atoms with Crippen LogP contribution in [0.15, 0.2) is 60.1 Å². The van der Waals surface area contributed by atoms with Crippen LogP contribution in [0.25, 0.3) is 11.1 Å². The van der Waals surface area contributed by atoms with Crippen LogP contribution >= 0.6 is 23.4 Å². The van der Waals surface area contributed by atoms with Crippen molar-refractivity contribution in [2.24, 2.45) is 5.92 Å². The number of piperidine rings is 1. The van der Waals surface area contributed by atoms with E-state index in [0.29, 0.717) is 24.1 Å². The van der Waals surface area contributed by atoms with Gasteiger partial charge in [0.1, 0.15) is 5.78 Å². The second-order valence-corrected chi connectivity index (χ2v) is 9.63. The molecule has 1 unspecified atom stereocenters. The van der Waals surface area contributed by atoms with E-state index in [-0.39, 0.29) is 11.7 Å². The third-order valence-electron chi connectivity index (χ3n) is 6.04. The maximum Gasteiger partial charge on any atom is 0.223 e. The first-order valence-electron chi connectivity index (χ1n) is 10.8. The first-order valence-corrected chi connectivity index (χ1v) is 12.1. The summed E-state index contributed by atoms with van der Waals surface area (Å²) in [5, 5.41) is 3.23. The fourth-order valence-electron chi connectivity index (χ4n) is 4.33. The number of thioether (sulfide) groups is 1. The van der Waals surface area contributed by atoms with Crippen LogP contribution in [0.4, 0.5) is 5.69 Å². The third-order valence-corrected chi connectivity index (χ3v) is 7.46. The first kappa shape index (κ1) is 22.0. The van der Waals surface area contributed by atoms with Crippen LogP contribution in [0.5, 0.6) is 0 Å². The number of carbonyl (C=O) groups is 2. The number of rotatable bonds is 6. The Labute approximate surface area is 193 Å². The van der Waals surface area contributed by atoms with Crippen molar-refractivity contribution >= 4 is 40.7 Å². The second kappa shape index (κ2) is 9.92. The highest BCUT2D eigenvalue weighted by Gasteiger charge is 2.34. The Hall–Kier alpha value is -2.24.